The average Bonchev–Trinajstić information content (AvgIpc) is 3.32. The summed E-state index contributed by atoms with van der Waals surface area (Å²) in [4.78, 5) is 16.3. The number of hydrogen-bond acceptors (Lipinski definition) is 4. The van der Waals surface area contributed by atoms with Crippen LogP contribution in [0.15, 0.2) is 60.0 Å². The highest BCUT2D eigenvalue weighted by atomic mass is 35.5. The lowest BCUT2D eigenvalue weighted by Gasteiger charge is -2.17. The minimum Gasteiger partial charge on any atom is -0.327 e. The highest BCUT2D eigenvalue weighted by Gasteiger charge is 2.32. The zero-order valence-corrected chi connectivity index (χ0v) is 17.2. The summed E-state index contributed by atoms with van der Waals surface area (Å²) in [7, 11) is -3.78. The van der Waals surface area contributed by atoms with Crippen molar-refractivity contribution >= 4 is 38.9 Å². The Morgan fingerprint density at radius 1 is 1.24 bits per heavy atom. The SMILES string of the molecule is Cc1ccc(NC(=O)Cn2cnc(S(=O)(=O)N3CCc4ccccc43)c2)cc1Cl. The molecule has 150 valence electrons. The topological polar surface area (TPSA) is 84.3 Å². The molecule has 0 fully saturated rings. The molecule has 2 heterocycles. The van der Waals surface area contributed by atoms with E-state index in [9.17, 15) is 13.2 Å². The Bertz CT molecular complexity index is 1190. The van der Waals surface area contributed by atoms with Gasteiger partial charge >= 0.3 is 0 Å². The van der Waals surface area contributed by atoms with Crippen LogP contribution in [0.2, 0.25) is 5.02 Å². The Balaban J connectivity index is 1.48. The first-order valence-corrected chi connectivity index (χ1v) is 10.8. The predicted molar refractivity (Wildman–Crippen MR) is 112 cm³/mol. The normalized spacial score (nSPS) is 13.4. The van der Waals surface area contributed by atoms with Crippen molar-refractivity contribution in [3.8, 4) is 0 Å². The fraction of sp³-hybridized carbons (Fsp3) is 0.200. The van der Waals surface area contributed by atoms with Crippen molar-refractivity contribution in [1.82, 2.24) is 9.55 Å². The molecule has 1 aromatic heterocycles. The maximum Gasteiger partial charge on any atom is 0.283 e. The Kier molecular flexibility index (Phi) is 5.06. The van der Waals surface area contributed by atoms with Crippen LogP contribution in [-0.2, 0) is 27.8 Å². The third-order valence-electron chi connectivity index (χ3n) is 4.79. The van der Waals surface area contributed by atoms with E-state index in [4.69, 9.17) is 11.6 Å². The number of benzene rings is 2. The Hall–Kier alpha value is -2.84. The number of imidazole rings is 1. The minimum atomic E-state index is -3.78. The molecule has 3 aromatic rings. The summed E-state index contributed by atoms with van der Waals surface area (Å²) in [5.41, 5.74) is 3.16. The van der Waals surface area contributed by atoms with Crippen LogP contribution >= 0.6 is 11.6 Å². The number of amides is 1. The first-order chi connectivity index (χ1) is 13.8. The van der Waals surface area contributed by atoms with Crippen molar-refractivity contribution in [3.63, 3.8) is 0 Å². The molecule has 1 N–H and O–H groups in total. The summed E-state index contributed by atoms with van der Waals surface area (Å²) < 4.78 is 28.8. The molecule has 7 nitrogen and oxygen atoms in total. The number of hydrogen-bond donors (Lipinski definition) is 1. The lowest BCUT2D eigenvalue weighted by Crippen LogP contribution is -2.29. The number of nitrogens with zero attached hydrogens (tertiary/aromatic N) is 3. The third kappa shape index (κ3) is 3.86. The molecule has 1 amide bonds. The highest BCUT2D eigenvalue weighted by Crippen LogP contribution is 2.32. The summed E-state index contributed by atoms with van der Waals surface area (Å²) in [6.07, 6.45) is 3.38. The smallest absolute Gasteiger partial charge is 0.283 e. The number of carbonyl (C=O) groups is 1. The number of fused-ring (bicyclic) bond motifs is 1. The van der Waals surface area contributed by atoms with Gasteiger partial charge in [0.15, 0.2) is 5.03 Å². The molecule has 0 spiro atoms. The summed E-state index contributed by atoms with van der Waals surface area (Å²) >= 11 is 6.07. The molecule has 29 heavy (non-hydrogen) atoms. The molecule has 0 bridgehead atoms. The molecular weight excluding hydrogens is 412 g/mol. The Morgan fingerprint density at radius 3 is 2.83 bits per heavy atom. The van der Waals surface area contributed by atoms with Crippen LogP contribution in [0.25, 0.3) is 0 Å². The molecular formula is C20H19ClN4O3S. The van der Waals surface area contributed by atoms with Gasteiger partial charge in [-0.05, 0) is 42.7 Å². The van der Waals surface area contributed by atoms with E-state index in [0.717, 1.165) is 11.1 Å². The Labute approximate surface area is 174 Å². The zero-order chi connectivity index (χ0) is 20.6. The molecule has 1 aliphatic heterocycles. The molecule has 0 radical (unpaired) electrons. The van der Waals surface area contributed by atoms with Crippen LogP contribution in [0.5, 0.6) is 0 Å². The molecule has 0 saturated carbocycles. The van der Waals surface area contributed by atoms with E-state index in [2.05, 4.69) is 10.3 Å². The fourth-order valence-electron chi connectivity index (χ4n) is 3.27. The number of carbonyl (C=O) groups excluding carboxylic acids is 1. The first kappa shape index (κ1) is 19.5. The molecule has 2 aromatic carbocycles. The van der Waals surface area contributed by atoms with Gasteiger partial charge in [0.1, 0.15) is 6.54 Å². The number of aromatic nitrogens is 2. The van der Waals surface area contributed by atoms with Crippen LogP contribution in [-0.4, -0.2) is 30.4 Å². The summed E-state index contributed by atoms with van der Waals surface area (Å²) in [5.74, 6) is -0.308. The van der Waals surface area contributed by atoms with Gasteiger partial charge in [0.25, 0.3) is 10.0 Å². The quantitative estimate of drug-likeness (QED) is 0.673. The maximum absolute atomic E-state index is 13.0. The third-order valence-corrected chi connectivity index (χ3v) is 6.90. The van der Waals surface area contributed by atoms with Crippen LogP contribution in [0.1, 0.15) is 11.1 Å². The second-order valence-electron chi connectivity index (χ2n) is 6.85. The van der Waals surface area contributed by atoms with E-state index in [1.807, 2.05) is 31.2 Å². The molecule has 0 unspecified atom stereocenters. The van der Waals surface area contributed by atoms with Crippen LogP contribution in [0, 0.1) is 6.92 Å². The van der Waals surface area contributed by atoms with Crippen molar-refractivity contribution in [3.05, 3.63) is 71.1 Å². The van der Waals surface area contributed by atoms with Crippen molar-refractivity contribution in [2.24, 2.45) is 0 Å². The number of rotatable bonds is 5. The fourth-order valence-corrected chi connectivity index (χ4v) is 4.89. The van der Waals surface area contributed by atoms with Crippen LogP contribution in [0.3, 0.4) is 0 Å². The van der Waals surface area contributed by atoms with Gasteiger partial charge in [0.05, 0.1) is 12.0 Å². The van der Waals surface area contributed by atoms with Crippen molar-refractivity contribution in [2.75, 3.05) is 16.2 Å². The van der Waals surface area contributed by atoms with Gasteiger partial charge in [-0.15, -0.1) is 0 Å². The van der Waals surface area contributed by atoms with E-state index in [1.165, 1.54) is 21.4 Å². The van der Waals surface area contributed by atoms with Gasteiger partial charge in [-0.3, -0.25) is 9.10 Å². The van der Waals surface area contributed by atoms with Crippen molar-refractivity contribution in [2.45, 2.75) is 24.9 Å². The number of aryl methyl sites for hydroxylation is 1. The van der Waals surface area contributed by atoms with E-state index in [0.29, 0.717) is 29.4 Å². The molecule has 0 saturated heterocycles. The first-order valence-electron chi connectivity index (χ1n) is 9.03. The van der Waals surface area contributed by atoms with E-state index in [-0.39, 0.29) is 17.5 Å². The van der Waals surface area contributed by atoms with Crippen molar-refractivity contribution < 1.29 is 13.2 Å². The van der Waals surface area contributed by atoms with Gasteiger partial charge in [0.2, 0.25) is 5.91 Å². The van der Waals surface area contributed by atoms with Crippen LogP contribution in [0.4, 0.5) is 11.4 Å². The van der Waals surface area contributed by atoms with Gasteiger partial charge in [-0.25, -0.2) is 4.98 Å². The minimum absolute atomic E-state index is 0.0649. The molecule has 4 rings (SSSR count). The van der Waals surface area contributed by atoms with Crippen molar-refractivity contribution in [1.29, 1.82) is 0 Å². The number of nitrogens with one attached hydrogen (secondary N) is 1. The standard InChI is InChI=1S/C20H19ClN4O3S/c1-14-6-7-16(10-17(14)21)23-19(26)11-24-12-20(22-13-24)29(27,28)25-9-8-15-4-2-3-5-18(15)25/h2-7,10,12-13H,8-9,11H2,1H3,(H,23,26). The number of para-hydroxylation sites is 1. The lowest BCUT2D eigenvalue weighted by atomic mass is 10.2. The lowest BCUT2D eigenvalue weighted by molar-refractivity contribution is -0.116. The molecule has 0 atom stereocenters. The van der Waals surface area contributed by atoms with Gasteiger partial charge in [-0.2, -0.15) is 8.42 Å². The predicted octanol–water partition coefficient (Wildman–Crippen LogP) is 3.24. The summed E-state index contributed by atoms with van der Waals surface area (Å²) in [5, 5.41) is 3.22. The second kappa shape index (κ2) is 7.53. The number of anilines is 2. The highest BCUT2D eigenvalue weighted by molar-refractivity contribution is 7.92. The van der Waals surface area contributed by atoms with E-state index < -0.39 is 10.0 Å². The molecule has 1 aliphatic rings. The monoisotopic (exact) mass is 430 g/mol. The second-order valence-corrected chi connectivity index (χ2v) is 9.07. The van der Waals surface area contributed by atoms with Gasteiger partial charge in [-0.1, -0.05) is 35.9 Å². The summed E-state index contributed by atoms with van der Waals surface area (Å²) in [6.45, 7) is 2.19. The van der Waals surface area contributed by atoms with E-state index in [1.54, 1.807) is 18.2 Å². The van der Waals surface area contributed by atoms with Gasteiger partial charge < -0.3 is 9.88 Å². The summed E-state index contributed by atoms with van der Waals surface area (Å²) in [6, 6.07) is 12.7. The maximum atomic E-state index is 13.0. The Morgan fingerprint density at radius 2 is 2.03 bits per heavy atom. The zero-order valence-electron chi connectivity index (χ0n) is 15.7. The number of sulfonamides is 1. The molecule has 9 heteroatoms. The van der Waals surface area contributed by atoms with E-state index >= 15 is 0 Å². The molecule has 0 aliphatic carbocycles. The number of halogens is 1. The van der Waals surface area contributed by atoms with Crippen LogP contribution < -0.4 is 9.62 Å². The largest absolute Gasteiger partial charge is 0.327 e. The van der Waals surface area contributed by atoms with Gasteiger partial charge in [0, 0.05) is 23.5 Å². The average molecular weight is 431 g/mol.